The van der Waals surface area contributed by atoms with Gasteiger partial charge in [-0.2, -0.15) is 0 Å². The SMILES string of the molecule is Cc1c(Cl)cccc1NC(=O)CN(C)CC1CCCCN1. The lowest BCUT2D eigenvalue weighted by Gasteiger charge is -2.27. The maximum absolute atomic E-state index is 12.1. The first-order valence-corrected chi connectivity index (χ1v) is 7.91. The van der Waals surface area contributed by atoms with E-state index in [1.54, 1.807) is 0 Å². The number of likely N-dealkylation sites (N-methyl/N-ethyl adjacent to an activating group) is 1. The molecule has 1 aromatic rings. The highest BCUT2D eigenvalue weighted by atomic mass is 35.5. The van der Waals surface area contributed by atoms with Crippen LogP contribution in [0.5, 0.6) is 0 Å². The maximum Gasteiger partial charge on any atom is 0.238 e. The Morgan fingerprint density at radius 2 is 2.29 bits per heavy atom. The molecule has 4 nitrogen and oxygen atoms in total. The van der Waals surface area contributed by atoms with Gasteiger partial charge in [0.1, 0.15) is 0 Å². The Morgan fingerprint density at radius 1 is 1.48 bits per heavy atom. The standard InChI is InChI=1S/C16H24ClN3O/c1-12-14(17)7-5-8-15(12)19-16(21)11-20(2)10-13-6-3-4-9-18-13/h5,7-8,13,18H,3-4,6,9-11H2,1-2H3,(H,19,21). The first-order chi connectivity index (χ1) is 10.1. The number of piperidine rings is 1. The van der Waals surface area contributed by atoms with Crippen LogP contribution in [0.2, 0.25) is 5.02 Å². The van der Waals surface area contributed by atoms with E-state index in [9.17, 15) is 4.79 Å². The van der Waals surface area contributed by atoms with Crippen molar-refractivity contribution in [2.24, 2.45) is 0 Å². The van der Waals surface area contributed by atoms with Gasteiger partial charge in [-0.1, -0.05) is 24.1 Å². The molecule has 0 aliphatic carbocycles. The molecule has 21 heavy (non-hydrogen) atoms. The van der Waals surface area contributed by atoms with Gasteiger partial charge in [0.2, 0.25) is 5.91 Å². The number of rotatable bonds is 5. The Balaban J connectivity index is 1.82. The second-order valence-electron chi connectivity index (χ2n) is 5.80. The van der Waals surface area contributed by atoms with E-state index in [1.807, 2.05) is 32.2 Å². The molecule has 0 bridgehead atoms. The lowest BCUT2D eigenvalue weighted by Crippen LogP contribution is -2.44. The van der Waals surface area contributed by atoms with Crippen LogP contribution < -0.4 is 10.6 Å². The molecule has 1 heterocycles. The van der Waals surface area contributed by atoms with Gasteiger partial charge < -0.3 is 10.6 Å². The van der Waals surface area contributed by atoms with E-state index in [2.05, 4.69) is 15.5 Å². The molecule has 1 atom stereocenters. The Morgan fingerprint density at radius 3 is 3.00 bits per heavy atom. The predicted molar refractivity (Wildman–Crippen MR) is 88.0 cm³/mol. The number of anilines is 1. The lowest BCUT2D eigenvalue weighted by molar-refractivity contribution is -0.117. The number of nitrogens with zero attached hydrogens (tertiary/aromatic N) is 1. The number of amides is 1. The first-order valence-electron chi connectivity index (χ1n) is 7.53. The van der Waals surface area contributed by atoms with Gasteiger partial charge in [0.15, 0.2) is 0 Å². The maximum atomic E-state index is 12.1. The molecule has 1 amide bonds. The number of nitrogens with one attached hydrogen (secondary N) is 2. The van der Waals surface area contributed by atoms with E-state index in [4.69, 9.17) is 11.6 Å². The van der Waals surface area contributed by atoms with E-state index in [0.717, 1.165) is 24.3 Å². The molecule has 116 valence electrons. The molecule has 2 rings (SSSR count). The van der Waals surface area contributed by atoms with Crippen LogP contribution in [0.15, 0.2) is 18.2 Å². The average molecular weight is 310 g/mol. The molecule has 1 unspecified atom stereocenters. The summed E-state index contributed by atoms with van der Waals surface area (Å²) in [6.07, 6.45) is 3.73. The normalized spacial score (nSPS) is 18.8. The van der Waals surface area contributed by atoms with Crippen molar-refractivity contribution in [1.29, 1.82) is 0 Å². The Labute approximate surface area is 131 Å². The van der Waals surface area contributed by atoms with E-state index in [0.29, 0.717) is 17.6 Å². The summed E-state index contributed by atoms with van der Waals surface area (Å²) in [7, 11) is 1.99. The zero-order chi connectivity index (χ0) is 15.2. The number of hydrogen-bond acceptors (Lipinski definition) is 3. The molecule has 1 aliphatic rings. The summed E-state index contributed by atoms with van der Waals surface area (Å²) < 4.78 is 0. The summed E-state index contributed by atoms with van der Waals surface area (Å²) in [6.45, 7) is 4.30. The Hall–Kier alpha value is -1.10. The summed E-state index contributed by atoms with van der Waals surface area (Å²) in [5.74, 6) is -0.00123. The van der Waals surface area contributed by atoms with Gasteiger partial charge in [0, 0.05) is 23.3 Å². The van der Waals surface area contributed by atoms with Crippen molar-refractivity contribution in [3.8, 4) is 0 Å². The fraction of sp³-hybridized carbons (Fsp3) is 0.562. The topological polar surface area (TPSA) is 44.4 Å². The number of benzene rings is 1. The zero-order valence-electron chi connectivity index (χ0n) is 12.8. The monoisotopic (exact) mass is 309 g/mol. The van der Waals surface area contributed by atoms with Crippen molar-refractivity contribution >= 4 is 23.2 Å². The van der Waals surface area contributed by atoms with Gasteiger partial charge >= 0.3 is 0 Å². The molecule has 0 aromatic heterocycles. The van der Waals surface area contributed by atoms with Crippen LogP contribution in [0, 0.1) is 6.92 Å². The number of hydrogen-bond donors (Lipinski definition) is 2. The van der Waals surface area contributed by atoms with Crippen molar-refractivity contribution in [3.05, 3.63) is 28.8 Å². The molecule has 0 radical (unpaired) electrons. The minimum atomic E-state index is -0.00123. The second kappa shape index (κ2) is 7.78. The van der Waals surface area contributed by atoms with Crippen LogP contribution in [0.4, 0.5) is 5.69 Å². The van der Waals surface area contributed by atoms with Crippen molar-refractivity contribution in [2.45, 2.75) is 32.2 Å². The third kappa shape index (κ3) is 4.99. The zero-order valence-corrected chi connectivity index (χ0v) is 13.5. The minimum Gasteiger partial charge on any atom is -0.325 e. The smallest absolute Gasteiger partial charge is 0.238 e. The third-order valence-electron chi connectivity index (χ3n) is 3.90. The molecule has 0 spiro atoms. The summed E-state index contributed by atoms with van der Waals surface area (Å²) in [4.78, 5) is 14.2. The van der Waals surface area contributed by atoms with Gasteiger partial charge in [0.25, 0.3) is 0 Å². The highest BCUT2D eigenvalue weighted by Crippen LogP contribution is 2.22. The summed E-state index contributed by atoms with van der Waals surface area (Å²) >= 11 is 6.06. The molecule has 1 fully saturated rings. The molecular formula is C16H24ClN3O. The molecule has 5 heteroatoms. The van der Waals surface area contributed by atoms with Gasteiger partial charge in [-0.3, -0.25) is 9.69 Å². The van der Waals surface area contributed by atoms with Crippen molar-refractivity contribution in [1.82, 2.24) is 10.2 Å². The molecule has 0 saturated carbocycles. The Bertz CT molecular complexity index is 486. The van der Waals surface area contributed by atoms with Crippen LogP contribution >= 0.6 is 11.6 Å². The minimum absolute atomic E-state index is 0.00123. The van der Waals surface area contributed by atoms with Crippen LogP contribution in [0.3, 0.4) is 0 Å². The molecule has 1 aromatic carbocycles. The largest absolute Gasteiger partial charge is 0.325 e. The Kier molecular flexibility index (Phi) is 6.03. The summed E-state index contributed by atoms with van der Waals surface area (Å²) in [5, 5.41) is 7.11. The number of carbonyl (C=O) groups is 1. The molecular weight excluding hydrogens is 286 g/mol. The highest BCUT2D eigenvalue weighted by Gasteiger charge is 2.16. The van der Waals surface area contributed by atoms with Gasteiger partial charge in [-0.25, -0.2) is 0 Å². The summed E-state index contributed by atoms with van der Waals surface area (Å²) in [5.41, 5.74) is 1.70. The third-order valence-corrected chi connectivity index (χ3v) is 4.31. The fourth-order valence-corrected chi connectivity index (χ4v) is 2.87. The predicted octanol–water partition coefficient (Wildman–Crippen LogP) is 2.66. The fourth-order valence-electron chi connectivity index (χ4n) is 2.70. The lowest BCUT2D eigenvalue weighted by atomic mass is 10.0. The van der Waals surface area contributed by atoms with Crippen LogP contribution in [0.25, 0.3) is 0 Å². The first kappa shape index (κ1) is 16.3. The summed E-state index contributed by atoms with van der Waals surface area (Å²) in [6, 6.07) is 6.06. The van der Waals surface area contributed by atoms with Gasteiger partial charge in [-0.15, -0.1) is 0 Å². The molecule has 2 N–H and O–H groups in total. The molecule has 1 aliphatic heterocycles. The second-order valence-corrected chi connectivity index (χ2v) is 6.21. The van der Waals surface area contributed by atoms with Gasteiger partial charge in [0.05, 0.1) is 6.54 Å². The van der Waals surface area contributed by atoms with Gasteiger partial charge in [-0.05, 0) is 51.1 Å². The molecule has 1 saturated heterocycles. The number of halogens is 1. The highest BCUT2D eigenvalue weighted by molar-refractivity contribution is 6.31. The van der Waals surface area contributed by atoms with E-state index in [1.165, 1.54) is 19.3 Å². The van der Waals surface area contributed by atoms with Crippen molar-refractivity contribution < 1.29 is 4.79 Å². The van der Waals surface area contributed by atoms with E-state index < -0.39 is 0 Å². The van der Waals surface area contributed by atoms with E-state index in [-0.39, 0.29) is 5.91 Å². The van der Waals surface area contributed by atoms with Crippen LogP contribution in [-0.4, -0.2) is 43.5 Å². The van der Waals surface area contributed by atoms with E-state index >= 15 is 0 Å². The van der Waals surface area contributed by atoms with Crippen molar-refractivity contribution in [3.63, 3.8) is 0 Å². The quantitative estimate of drug-likeness (QED) is 0.879. The average Bonchev–Trinajstić information content (AvgIpc) is 2.44. The van der Waals surface area contributed by atoms with Crippen LogP contribution in [-0.2, 0) is 4.79 Å². The van der Waals surface area contributed by atoms with Crippen LogP contribution in [0.1, 0.15) is 24.8 Å². The van der Waals surface area contributed by atoms with Crippen molar-refractivity contribution in [2.75, 3.05) is 32.0 Å². The number of carbonyl (C=O) groups excluding carboxylic acids is 1.